The van der Waals surface area contributed by atoms with Gasteiger partial charge in [0.2, 0.25) is 0 Å². The molecular weight excluding hydrogens is 767 g/mol. The van der Waals surface area contributed by atoms with Gasteiger partial charge in [-0.25, -0.2) is 0 Å². The zero-order valence-corrected chi connectivity index (χ0v) is 36.8. The van der Waals surface area contributed by atoms with E-state index in [4.69, 9.17) is 8.83 Å². The highest BCUT2D eigenvalue weighted by Gasteiger charge is 2.17. The Bertz CT molecular complexity index is 3150. The molecule has 0 aliphatic rings. The Morgan fingerprint density at radius 2 is 0.794 bits per heavy atom. The third kappa shape index (κ3) is 8.26. The van der Waals surface area contributed by atoms with Gasteiger partial charge in [-0.2, -0.15) is 0 Å². The van der Waals surface area contributed by atoms with Gasteiger partial charge < -0.3 is 13.7 Å². The summed E-state index contributed by atoms with van der Waals surface area (Å²) in [6.45, 7) is 12.9. The molecule has 9 rings (SSSR count). The molecule has 0 aliphatic carbocycles. The summed E-state index contributed by atoms with van der Waals surface area (Å²) in [5.41, 5.74) is 18.5. The van der Waals surface area contributed by atoms with Crippen LogP contribution in [0.5, 0.6) is 0 Å². The van der Waals surface area contributed by atoms with Crippen LogP contribution in [0.3, 0.4) is 0 Å². The molecule has 0 radical (unpaired) electrons. The van der Waals surface area contributed by atoms with E-state index in [0.29, 0.717) is 0 Å². The first kappa shape index (κ1) is 40.8. The van der Waals surface area contributed by atoms with Crippen LogP contribution in [0.15, 0.2) is 231 Å². The predicted octanol–water partition coefficient (Wildman–Crippen LogP) is 18.1. The normalized spacial score (nSPS) is 13.3. The average Bonchev–Trinajstić information content (AvgIpc) is 3.91. The number of furan rings is 2. The summed E-state index contributed by atoms with van der Waals surface area (Å²) in [6, 6.07) is 55.8. The van der Waals surface area contributed by atoms with Gasteiger partial charge in [-0.15, -0.1) is 0 Å². The number of para-hydroxylation sites is 4. The lowest BCUT2D eigenvalue weighted by Crippen LogP contribution is -2.09. The molecule has 0 unspecified atom stereocenters. The minimum Gasteiger partial charge on any atom is -0.455 e. The molecule has 0 amide bonds. The molecular formula is C60H51NO2. The second kappa shape index (κ2) is 17.8. The van der Waals surface area contributed by atoms with Crippen LogP contribution in [0.4, 0.5) is 17.1 Å². The summed E-state index contributed by atoms with van der Waals surface area (Å²) in [4.78, 5) is 2.32. The van der Waals surface area contributed by atoms with Crippen LogP contribution in [-0.4, -0.2) is 0 Å². The van der Waals surface area contributed by atoms with E-state index in [1.165, 1.54) is 33.4 Å². The van der Waals surface area contributed by atoms with Gasteiger partial charge >= 0.3 is 0 Å². The van der Waals surface area contributed by atoms with Crippen molar-refractivity contribution in [3.8, 4) is 22.3 Å². The van der Waals surface area contributed by atoms with E-state index in [2.05, 4.69) is 216 Å². The van der Waals surface area contributed by atoms with Crippen LogP contribution >= 0.6 is 0 Å². The van der Waals surface area contributed by atoms with Gasteiger partial charge in [0.15, 0.2) is 0 Å². The van der Waals surface area contributed by atoms with Crippen molar-refractivity contribution in [1.29, 1.82) is 0 Å². The minimum atomic E-state index is 0.900. The fourth-order valence-electron chi connectivity index (χ4n) is 8.21. The Kier molecular flexibility index (Phi) is 11.5. The molecule has 3 nitrogen and oxygen atoms in total. The van der Waals surface area contributed by atoms with Crippen molar-refractivity contribution in [3.63, 3.8) is 0 Å². The first-order valence-corrected chi connectivity index (χ1v) is 21.7. The number of hydrogen-bond donors (Lipinski definition) is 0. The molecule has 2 aromatic heterocycles. The smallest absolute Gasteiger partial charge is 0.143 e. The van der Waals surface area contributed by atoms with Crippen LogP contribution < -0.4 is 4.90 Å². The highest BCUT2D eigenvalue weighted by molar-refractivity contribution is 6.10. The fraction of sp³-hybridized carbons (Fsp3) is 0.100. The van der Waals surface area contributed by atoms with E-state index in [1.807, 2.05) is 31.2 Å². The van der Waals surface area contributed by atoms with E-state index in [1.54, 1.807) is 0 Å². The van der Waals surface area contributed by atoms with Crippen molar-refractivity contribution in [2.45, 2.75) is 41.5 Å². The Morgan fingerprint density at radius 1 is 0.397 bits per heavy atom. The first-order chi connectivity index (χ1) is 30.8. The van der Waals surface area contributed by atoms with Crippen LogP contribution in [0.1, 0.15) is 47.1 Å². The molecule has 0 spiro atoms. The Labute approximate surface area is 370 Å². The number of benzene rings is 7. The summed E-state index contributed by atoms with van der Waals surface area (Å²) >= 11 is 0. The maximum atomic E-state index is 6.42. The van der Waals surface area contributed by atoms with Gasteiger partial charge in [-0.1, -0.05) is 152 Å². The van der Waals surface area contributed by atoms with Crippen LogP contribution in [0.2, 0.25) is 0 Å². The van der Waals surface area contributed by atoms with Crippen molar-refractivity contribution >= 4 is 66.5 Å². The van der Waals surface area contributed by atoms with Crippen molar-refractivity contribution in [1.82, 2.24) is 0 Å². The van der Waals surface area contributed by atoms with E-state index >= 15 is 0 Å². The number of rotatable bonds is 11. The Balaban J connectivity index is 1.05. The zero-order chi connectivity index (χ0) is 43.5. The van der Waals surface area contributed by atoms with Crippen molar-refractivity contribution in [3.05, 3.63) is 228 Å². The summed E-state index contributed by atoms with van der Waals surface area (Å²) < 4.78 is 12.8. The molecule has 0 atom stereocenters. The molecule has 63 heavy (non-hydrogen) atoms. The van der Waals surface area contributed by atoms with Gasteiger partial charge in [0.25, 0.3) is 0 Å². The molecule has 0 N–H and O–H groups in total. The Morgan fingerprint density at radius 3 is 1.25 bits per heavy atom. The van der Waals surface area contributed by atoms with Crippen LogP contribution in [0, 0.1) is 0 Å². The fourth-order valence-corrected chi connectivity index (χ4v) is 8.21. The maximum absolute atomic E-state index is 6.42. The molecule has 7 aromatic carbocycles. The zero-order valence-electron chi connectivity index (χ0n) is 36.8. The summed E-state index contributed by atoms with van der Waals surface area (Å²) in [5.74, 6) is 0. The number of nitrogens with zero attached hydrogens (tertiary/aromatic N) is 1. The maximum Gasteiger partial charge on any atom is 0.143 e. The van der Waals surface area contributed by atoms with Gasteiger partial charge in [-0.05, 0) is 135 Å². The van der Waals surface area contributed by atoms with E-state index in [-0.39, 0.29) is 0 Å². The topological polar surface area (TPSA) is 29.5 Å². The predicted molar refractivity (Wildman–Crippen MR) is 270 cm³/mol. The summed E-state index contributed by atoms with van der Waals surface area (Å²) in [7, 11) is 0. The molecule has 0 fully saturated rings. The molecule has 2 heterocycles. The Hall–Kier alpha value is -7.62. The van der Waals surface area contributed by atoms with Crippen LogP contribution in [-0.2, 0) is 0 Å². The molecule has 0 bridgehead atoms. The molecule has 9 aromatic rings. The van der Waals surface area contributed by atoms with E-state index in [9.17, 15) is 0 Å². The monoisotopic (exact) mass is 817 g/mol. The second-order valence-corrected chi connectivity index (χ2v) is 16.3. The lowest BCUT2D eigenvalue weighted by atomic mass is 10.0. The highest BCUT2D eigenvalue weighted by atomic mass is 16.3. The first-order valence-electron chi connectivity index (χ1n) is 21.7. The lowest BCUT2D eigenvalue weighted by Gasteiger charge is -2.26. The number of fused-ring (bicyclic) bond motifs is 6. The molecule has 0 aliphatic heterocycles. The van der Waals surface area contributed by atoms with Gasteiger partial charge in [0.05, 0.1) is 0 Å². The van der Waals surface area contributed by atoms with Crippen LogP contribution in [0.25, 0.3) is 71.7 Å². The third-order valence-corrected chi connectivity index (χ3v) is 12.2. The van der Waals surface area contributed by atoms with Crippen molar-refractivity contribution in [2.75, 3.05) is 4.90 Å². The molecule has 308 valence electrons. The summed E-state index contributed by atoms with van der Waals surface area (Å²) in [6.07, 6.45) is 15.1. The molecule has 0 saturated carbocycles. The molecule has 3 heteroatoms. The minimum absolute atomic E-state index is 0.900. The van der Waals surface area contributed by atoms with Crippen molar-refractivity contribution in [2.24, 2.45) is 0 Å². The van der Waals surface area contributed by atoms with E-state index < -0.39 is 0 Å². The van der Waals surface area contributed by atoms with Gasteiger partial charge in [-0.3, -0.25) is 0 Å². The number of anilines is 3. The lowest BCUT2D eigenvalue weighted by molar-refractivity contribution is 0.669. The standard InChI is InChI=1S/C60H51NO2/c1-7-8-15-40(2)41(3)24-25-42(4)43(5)26-27-44(6)45-28-34-48(35-29-45)61(49-36-30-46(31-37-49)51-18-13-20-55-53-16-9-11-22-57(53)62-59(51)55)50-38-32-47(33-39-50)52-19-14-21-56-54-17-10-12-23-58(54)63-60(52)56/h7-39H,1-6H3/b8-7-,40-15+,41-24+,42-25+,43-26+,44-27+. The quantitative estimate of drug-likeness (QED) is 0.122. The van der Waals surface area contributed by atoms with Gasteiger partial charge in [0.1, 0.15) is 22.3 Å². The molecule has 0 saturated heterocycles. The third-order valence-electron chi connectivity index (χ3n) is 12.2. The summed E-state index contributed by atoms with van der Waals surface area (Å²) in [5, 5.41) is 4.51. The van der Waals surface area contributed by atoms with Crippen molar-refractivity contribution < 1.29 is 8.83 Å². The van der Waals surface area contributed by atoms with E-state index in [0.717, 1.165) is 83.2 Å². The second-order valence-electron chi connectivity index (χ2n) is 16.3. The van der Waals surface area contributed by atoms with Gasteiger partial charge in [0, 0.05) is 49.7 Å². The average molecular weight is 818 g/mol. The number of hydrogen-bond acceptors (Lipinski definition) is 3. The number of allylic oxidation sites excluding steroid dienone is 12. The largest absolute Gasteiger partial charge is 0.455 e. The highest BCUT2D eigenvalue weighted by Crippen LogP contribution is 2.41. The SMILES string of the molecule is C\C=C/C=C(C)/C(C)=C/C=C(C)/C(C)=C/C=C(\C)c1ccc(N(c2ccc(-c3cccc4c3oc3ccccc34)cc2)c2ccc(-c3cccc4c3oc3ccccc34)cc2)cc1.